The van der Waals surface area contributed by atoms with Crippen molar-refractivity contribution in [3.05, 3.63) is 22.4 Å². The molecule has 0 N–H and O–H groups in total. The molecule has 1 aromatic heterocycles. The van der Waals surface area contributed by atoms with E-state index in [0.29, 0.717) is 4.88 Å². The fraction of sp³-hybridized carbons (Fsp3) is 0.167. The Hall–Kier alpha value is -0.540. The molecule has 0 saturated heterocycles. The molecule has 0 saturated carbocycles. The number of esters is 1. The number of rotatable bonds is 2. The van der Waals surface area contributed by atoms with Gasteiger partial charge in [-0.15, -0.1) is 11.3 Å². The SMILES string of the molecule is O=C(OCCl)c1cccs1. The number of halogens is 1. The quantitative estimate of drug-likeness (QED) is 0.510. The average Bonchev–Trinajstić information content (AvgIpc) is 2.38. The number of ether oxygens (including phenoxy) is 1. The highest BCUT2D eigenvalue weighted by Crippen LogP contribution is 2.09. The fourth-order valence-corrected chi connectivity index (χ4v) is 1.23. The zero-order valence-corrected chi connectivity index (χ0v) is 6.61. The van der Waals surface area contributed by atoms with Gasteiger partial charge in [0.15, 0.2) is 6.07 Å². The summed E-state index contributed by atoms with van der Waals surface area (Å²) in [6.07, 6.45) is 0. The molecule has 0 spiro atoms. The second-order valence-electron chi connectivity index (χ2n) is 1.52. The Kier molecular flexibility index (Phi) is 2.71. The molecule has 0 aromatic carbocycles. The number of carbonyl (C=O) groups excluding carboxylic acids is 1. The molecule has 1 aromatic rings. The number of hydrogen-bond acceptors (Lipinski definition) is 3. The van der Waals surface area contributed by atoms with E-state index in [0.717, 1.165) is 0 Å². The lowest BCUT2D eigenvalue weighted by molar-refractivity contribution is 0.0580. The van der Waals surface area contributed by atoms with E-state index in [9.17, 15) is 4.79 Å². The Morgan fingerprint density at radius 2 is 2.60 bits per heavy atom. The van der Waals surface area contributed by atoms with Crippen LogP contribution in [0.15, 0.2) is 17.5 Å². The minimum absolute atomic E-state index is 0.0866. The maximum Gasteiger partial charge on any atom is 0.349 e. The second-order valence-corrected chi connectivity index (χ2v) is 2.68. The van der Waals surface area contributed by atoms with Gasteiger partial charge in [0.05, 0.1) is 0 Å². The number of alkyl halides is 1. The first-order valence-electron chi connectivity index (χ1n) is 2.61. The third-order valence-electron chi connectivity index (χ3n) is 0.908. The molecule has 2 nitrogen and oxygen atoms in total. The van der Waals surface area contributed by atoms with Gasteiger partial charge in [0.1, 0.15) is 4.88 Å². The normalized spacial score (nSPS) is 9.30. The Morgan fingerprint density at radius 3 is 3.10 bits per heavy atom. The third-order valence-corrected chi connectivity index (χ3v) is 1.87. The monoisotopic (exact) mass is 176 g/mol. The largest absolute Gasteiger partial charge is 0.445 e. The first-order chi connectivity index (χ1) is 4.84. The van der Waals surface area contributed by atoms with E-state index in [1.165, 1.54) is 11.3 Å². The van der Waals surface area contributed by atoms with Crippen molar-refractivity contribution < 1.29 is 9.53 Å². The first kappa shape index (κ1) is 7.57. The van der Waals surface area contributed by atoms with Crippen molar-refractivity contribution in [2.24, 2.45) is 0 Å². The predicted octanol–water partition coefficient (Wildman–Crippen LogP) is 2.10. The predicted molar refractivity (Wildman–Crippen MR) is 40.5 cm³/mol. The van der Waals surface area contributed by atoms with E-state index in [2.05, 4.69) is 4.74 Å². The van der Waals surface area contributed by atoms with E-state index < -0.39 is 0 Å². The lowest BCUT2D eigenvalue weighted by Crippen LogP contribution is -2.00. The Morgan fingerprint density at radius 1 is 1.80 bits per heavy atom. The minimum atomic E-state index is -0.356. The molecule has 0 amide bonds. The smallest absolute Gasteiger partial charge is 0.349 e. The highest BCUT2D eigenvalue weighted by molar-refractivity contribution is 7.11. The van der Waals surface area contributed by atoms with Gasteiger partial charge in [-0.25, -0.2) is 4.79 Å². The number of hydrogen-bond donors (Lipinski definition) is 0. The van der Waals surface area contributed by atoms with E-state index in [-0.39, 0.29) is 12.0 Å². The van der Waals surface area contributed by atoms with Crippen LogP contribution in [0.4, 0.5) is 0 Å². The maximum atomic E-state index is 10.8. The zero-order chi connectivity index (χ0) is 7.40. The molecule has 10 heavy (non-hydrogen) atoms. The highest BCUT2D eigenvalue weighted by atomic mass is 35.5. The van der Waals surface area contributed by atoms with Gasteiger partial charge >= 0.3 is 5.97 Å². The summed E-state index contributed by atoms with van der Waals surface area (Å²) in [5.74, 6) is -0.356. The molecule has 0 radical (unpaired) electrons. The molecule has 0 atom stereocenters. The zero-order valence-electron chi connectivity index (χ0n) is 5.04. The molecule has 4 heteroatoms. The summed E-state index contributed by atoms with van der Waals surface area (Å²) in [4.78, 5) is 11.4. The van der Waals surface area contributed by atoms with Crippen LogP contribution in [0.2, 0.25) is 0 Å². The van der Waals surface area contributed by atoms with E-state index in [4.69, 9.17) is 11.6 Å². The van der Waals surface area contributed by atoms with Crippen molar-refractivity contribution in [1.82, 2.24) is 0 Å². The molecule has 1 heterocycles. The maximum absolute atomic E-state index is 10.8. The molecular weight excluding hydrogens is 172 g/mol. The summed E-state index contributed by atoms with van der Waals surface area (Å²) in [6.45, 7) is 0. The molecule has 0 aliphatic carbocycles. The van der Waals surface area contributed by atoms with E-state index in [1.807, 2.05) is 5.38 Å². The molecule has 0 aliphatic heterocycles. The van der Waals surface area contributed by atoms with Gasteiger partial charge < -0.3 is 4.74 Å². The van der Waals surface area contributed by atoms with Gasteiger partial charge in [-0.05, 0) is 11.4 Å². The number of carbonyl (C=O) groups is 1. The van der Waals surface area contributed by atoms with Gasteiger partial charge in [-0.3, -0.25) is 0 Å². The average molecular weight is 177 g/mol. The van der Waals surface area contributed by atoms with Crippen LogP contribution in [-0.4, -0.2) is 12.0 Å². The Balaban J connectivity index is 2.59. The summed E-state index contributed by atoms with van der Waals surface area (Å²) in [5.41, 5.74) is 0. The van der Waals surface area contributed by atoms with E-state index in [1.54, 1.807) is 12.1 Å². The van der Waals surface area contributed by atoms with Crippen LogP contribution >= 0.6 is 22.9 Å². The van der Waals surface area contributed by atoms with Gasteiger partial charge in [-0.2, -0.15) is 0 Å². The van der Waals surface area contributed by atoms with Crippen molar-refractivity contribution in [3.63, 3.8) is 0 Å². The summed E-state index contributed by atoms with van der Waals surface area (Å²) in [7, 11) is 0. The van der Waals surface area contributed by atoms with Crippen LogP contribution < -0.4 is 0 Å². The van der Waals surface area contributed by atoms with Gasteiger partial charge in [0.25, 0.3) is 0 Å². The lowest BCUT2D eigenvalue weighted by Gasteiger charge is -1.94. The molecule has 54 valence electrons. The van der Waals surface area contributed by atoms with Crippen molar-refractivity contribution >= 4 is 28.9 Å². The van der Waals surface area contributed by atoms with Crippen LogP contribution in [0.1, 0.15) is 9.67 Å². The van der Waals surface area contributed by atoms with Crippen LogP contribution in [0.5, 0.6) is 0 Å². The van der Waals surface area contributed by atoms with Crippen LogP contribution in [0, 0.1) is 0 Å². The molecule has 1 rings (SSSR count). The van der Waals surface area contributed by atoms with Crippen LogP contribution in [0.25, 0.3) is 0 Å². The van der Waals surface area contributed by atoms with Crippen molar-refractivity contribution in [3.8, 4) is 0 Å². The Bertz CT molecular complexity index is 208. The number of thiophene rings is 1. The van der Waals surface area contributed by atoms with E-state index >= 15 is 0 Å². The van der Waals surface area contributed by atoms with Crippen molar-refractivity contribution in [2.45, 2.75) is 0 Å². The van der Waals surface area contributed by atoms with Gasteiger partial charge in [-0.1, -0.05) is 17.7 Å². The van der Waals surface area contributed by atoms with Gasteiger partial charge in [0.2, 0.25) is 0 Å². The Labute approximate surface area is 67.4 Å². The second kappa shape index (κ2) is 3.58. The van der Waals surface area contributed by atoms with Gasteiger partial charge in [0, 0.05) is 0 Å². The molecule has 0 aliphatic rings. The third kappa shape index (κ3) is 1.72. The first-order valence-corrected chi connectivity index (χ1v) is 4.02. The lowest BCUT2D eigenvalue weighted by atomic mass is 10.5. The van der Waals surface area contributed by atoms with Crippen LogP contribution in [-0.2, 0) is 4.74 Å². The molecule has 0 fully saturated rings. The standard InChI is InChI=1S/C6H5ClO2S/c7-4-9-6(8)5-2-1-3-10-5/h1-3H,4H2. The topological polar surface area (TPSA) is 26.3 Å². The summed E-state index contributed by atoms with van der Waals surface area (Å²) in [6, 6.07) is 3.39. The molecule has 0 unspecified atom stereocenters. The highest BCUT2D eigenvalue weighted by Gasteiger charge is 2.05. The summed E-state index contributed by atoms with van der Waals surface area (Å²) < 4.78 is 4.52. The van der Waals surface area contributed by atoms with Crippen molar-refractivity contribution in [2.75, 3.05) is 6.07 Å². The fourth-order valence-electron chi connectivity index (χ4n) is 0.515. The summed E-state index contributed by atoms with van der Waals surface area (Å²) >= 11 is 6.51. The molecule has 0 bridgehead atoms. The minimum Gasteiger partial charge on any atom is -0.445 e. The van der Waals surface area contributed by atoms with Crippen molar-refractivity contribution in [1.29, 1.82) is 0 Å². The molecular formula is C6H5ClO2S. The van der Waals surface area contributed by atoms with Crippen LogP contribution in [0.3, 0.4) is 0 Å². The summed E-state index contributed by atoms with van der Waals surface area (Å²) in [5, 5.41) is 1.81.